The number of aromatic carboxylic acids is 1. The van der Waals surface area contributed by atoms with Crippen LogP contribution in [0, 0.1) is 11.7 Å². The number of rotatable bonds is 2. The van der Waals surface area contributed by atoms with Gasteiger partial charge in [-0.2, -0.15) is 0 Å². The van der Waals surface area contributed by atoms with E-state index < -0.39 is 5.97 Å². The highest BCUT2D eigenvalue weighted by molar-refractivity contribution is 5.94. The zero-order chi connectivity index (χ0) is 16.0. The molecule has 3 nitrogen and oxygen atoms in total. The van der Waals surface area contributed by atoms with Crippen LogP contribution in [0.1, 0.15) is 39.9 Å². The second-order valence-electron chi connectivity index (χ2n) is 6.08. The van der Waals surface area contributed by atoms with E-state index >= 15 is 0 Å². The second kappa shape index (κ2) is 5.23. The van der Waals surface area contributed by atoms with Crippen LogP contribution in [0.4, 0.5) is 10.1 Å². The van der Waals surface area contributed by atoms with Crippen molar-refractivity contribution in [1.29, 1.82) is 0 Å². The predicted molar refractivity (Wildman–Crippen MR) is 83.5 cm³/mol. The van der Waals surface area contributed by atoms with Gasteiger partial charge in [0.05, 0.1) is 12.0 Å². The van der Waals surface area contributed by atoms with E-state index in [9.17, 15) is 14.3 Å². The molecular formula is C19H15FNO2-. The number of allylic oxidation sites excluding steroid dienone is 2. The van der Waals surface area contributed by atoms with Crippen molar-refractivity contribution >= 4 is 11.7 Å². The number of nitrogens with one attached hydrogen (secondary N) is 1. The fraction of sp³-hybridized carbons (Fsp3) is 0.211. The highest BCUT2D eigenvalue weighted by Crippen LogP contribution is 2.50. The number of benzene rings is 2. The van der Waals surface area contributed by atoms with E-state index in [2.05, 4.69) is 17.5 Å². The maximum absolute atomic E-state index is 13.2. The summed E-state index contributed by atoms with van der Waals surface area (Å²) in [7, 11) is 0. The van der Waals surface area contributed by atoms with Crippen LogP contribution in [-0.4, -0.2) is 5.97 Å². The standard InChI is InChI=1S/C19H16FNO2/c20-12-9-7-11(8-10-12)17-14-4-1-3-13(14)15-5-2-6-16(19(22)23)18(15)21-17/h1-3,5-10,13-14,17,21H,4H2,(H,22,23)/p-1/t13-,14+,17-/m1/s1. The molecule has 2 aromatic carbocycles. The molecule has 0 bridgehead atoms. The number of fused-ring (bicyclic) bond motifs is 3. The Hall–Kier alpha value is -2.62. The number of para-hydroxylation sites is 1. The number of carbonyl (C=O) groups is 1. The molecule has 0 unspecified atom stereocenters. The van der Waals surface area contributed by atoms with Crippen molar-refractivity contribution in [3.05, 3.63) is 77.1 Å². The van der Waals surface area contributed by atoms with Gasteiger partial charge in [-0.05, 0) is 35.6 Å². The molecule has 0 aromatic heterocycles. The molecule has 0 fully saturated rings. The van der Waals surface area contributed by atoms with Crippen LogP contribution in [0.2, 0.25) is 0 Å². The average Bonchev–Trinajstić information content (AvgIpc) is 3.04. The van der Waals surface area contributed by atoms with Gasteiger partial charge in [-0.3, -0.25) is 0 Å². The van der Waals surface area contributed by atoms with Gasteiger partial charge in [-0.15, -0.1) is 0 Å². The van der Waals surface area contributed by atoms with Crippen molar-refractivity contribution in [3.63, 3.8) is 0 Å². The molecule has 0 amide bonds. The zero-order valence-corrected chi connectivity index (χ0v) is 12.3. The summed E-state index contributed by atoms with van der Waals surface area (Å²) in [5, 5.41) is 14.8. The van der Waals surface area contributed by atoms with Gasteiger partial charge >= 0.3 is 0 Å². The lowest BCUT2D eigenvalue weighted by molar-refractivity contribution is -0.254. The molecule has 0 saturated heterocycles. The lowest BCUT2D eigenvalue weighted by Gasteiger charge is -2.38. The Morgan fingerprint density at radius 1 is 1.17 bits per heavy atom. The SMILES string of the molecule is O=C([O-])c1cccc2c1N[C@H](c1ccc(F)cc1)[C@H]1CC=C[C@@H]21. The smallest absolute Gasteiger partial charge is 0.123 e. The topological polar surface area (TPSA) is 52.2 Å². The Morgan fingerprint density at radius 3 is 2.70 bits per heavy atom. The molecule has 2 aromatic rings. The van der Waals surface area contributed by atoms with Gasteiger partial charge in [0.2, 0.25) is 0 Å². The summed E-state index contributed by atoms with van der Waals surface area (Å²) in [6, 6.07) is 11.6. The largest absolute Gasteiger partial charge is 0.545 e. The Labute approximate surface area is 133 Å². The first-order valence-corrected chi connectivity index (χ1v) is 7.68. The molecular weight excluding hydrogens is 293 g/mol. The van der Waals surface area contributed by atoms with Crippen LogP contribution in [0.5, 0.6) is 0 Å². The Bertz CT molecular complexity index is 798. The quantitative estimate of drug-likeness (QED) is 0.868. The van der Waals surface area contributed by atoms with Crippen LogP contribution in [-0.2, 0) is 0 Å². The Balaban J connectivity index is 1.83. The minimum absolute atomic E-state index is 0.0522. The minimum Gasteiger partial charge on any atom is -0.545 e. The maximum Gasteiger partial charge on any atom is 0.123 e. The van der Waals surface area contributed by atoms with Crippen LogP contribution < -0.4 is 10.4 Å². The summed E-state index contributed by atoms with van der Waals surface area (Å²) in [5.74, 6) is -1.00. The first kappa shape index (κ1) is 14.0. The first-order chi connectivity index (χ1) is 11.1. The molecule has 4 rings (SSSR count). The number of hydrogen-bond acceptors (Lipinski definition) is 3. The molecule has 116 valence electrons. The van der Waals surface area contributed by atoms with Crippen molar-refractivity contribution in [1.82, 2.24) is 0 Å². The van der Waals surface area contributed by atoms with Gasteiger partial charge in [-0.25, -0.2) is 4.39 Å². The van der Waals surface area contributed by atoms with Gasteiger partial charge in [-0.1, -0.05) is 42.5 Å². The molecule has 2 aliphatic rings. The van der Waals surface area contributed by atoms with E-state index in [0.717, 1.165) is 17.5 Å². The van der Waals surface area contributed by atoms with Gasteiger partial charge in [0.1, 0.15) is 5.82 Å². The molecule has 0 spiro atoms. The van der Waals surface area contributed by atoms with E-state index in [1.54, 1.807) is 24.3 Å². The molecule has 1 heterocycles. The molecule has 4 heteroatoms. The number of carbonyl (C=O) groups excluding carboxylic acids is 1. The number of anilines is 1. The summed E-state index contributed by atoms with van der Waals surface area (Å²) in [5.41, 5.74) is 2.75. The molecule has 1 aliphatic carbocycles. The molecule has 0 radical (unpaired) electrons. The summed E-state index contributed by atoms with van der Waals surface area (Å²) < 4.78 is 13.2. The molecule has 1 aliphatic heterocycles. The van der Waals surface area contributed by atoms with E-state index in [-0.39, 0.29) is 23.3 Å². The summed E-state index contributed by atoms with van der Waals surface area (Å²) in [6.45, 7) is 0. The highest BCUT2D eigenvalue weighted by Gasteiger charge is 2.38. The Morgan fingerprint density at radius 2 is 1.96 bits per heavy atom. The van der Waals surface area contributed by atoms with Crippen LogP contribution in [0.25, 0.3) is 0 Å². The third-order valence-corrected chi connectivity index (χ3v) is 4.85. The monoisotopic (exact) mass is 308 g/mol. The van der Waals surface area contributed by atoms with Gasteiger partial charge < -0.3 is 15.2 Å². The average molecular weight is 308 g/mol. The normalized spacial score (nSPS) is 24.7. The molecule has 0 saturated carbocycles. The fourth-order valence-electron chi connectivity index (χ4n) is 3.79. The lowest BCUT2D eigenvalue weighted by atomic mass is 9.76. The predicted octanol–water partition coefficient (Wildman–Crippen LogP) is 3.02. The Kier molecular flexibility index (Phi) is 3.18. The van der Waals surface area contributed by atoms with Crippen molar-refractivity contribution in [2.75, 3.05) is 5.32 Å². The third kappa shape index (κ3) is 2.22. The van der Waals surface area contributed by atoms with Gasteiger partial charge in [0.15, 0.2) is 0 Å². The van der Waals surface area contributed by atoms with Gasteiger partial charge in [0.25, 0.3) is 0 Å². The van der Waals surface area contributed by atoms with E-state index in [0.29, 0.717) is 11.6 Å². The number of carboxylic acids is 1. The molecule has 1 N–H and O–H groups in total. The van der Waals surface area contributed by atoms with Crippen LogP contribution >= 0.6 is 0 Å². The van der Waals surface area contributed by atoms with Crippen molar-refractivity contribution in [2.45, 2.75) is 18.4 Å². The van der Waals surface area contributed by atoms with Crippen molar-refractivity contribution < 1.29 is 14.3 Å². The number of hydrogen-bond donors (Lipinski definition) is 1. The lowest BCUT2D eigenvalue weighted by Crippen LogP contribution is -2.32. The van der Waals surface area contributed by atoms with E-state index in [4.69, 9.17) is 0 Å². The summed E-state index contributed by atoms with van der Waals surface area (Å²) in [4.78, 5) is 11.4. The summed E-state index contributed by atoms with van der Waals surface area (Å²) >= 11 is 0. The third-order valence-electron chi connectivity index (χ3n) is 4.85. The first-order valence-electron chi connectivity index (χ1n) is 7.68. The minimum atomic E-state index is -1.19. The van der Waals surface area contributed by atoms with Crippen LogP contribution in [0.15, 0.2) is 54.6 Å². The fourth-order valence-corrected chi connectivity index (χ4v) is 3.79. The van der Waals surface area contributed by atoms with Crippen molar-refractivity contribution in [2.24, 2.45) is 5.92 Å². The maximum atomic E-state index is 13.2. The van der Waals surface area contributed by atoms with Crippen molar-refractivity contribution in [3.8, 4) is 0 Å². The summed E-state index contributed by atoms with van der Waals surface area (Å²) in [6.07, 6.45) is 5.18. The second-order valence-corrected chi connectivity index (χ2v) is 6.08. The van der Waals surface area contributed by atoms with E-state index in [1.807, 2.05) is 6.07 Å². The molecule has 23 heavy (non-hydrogen) atoms. The number of halogens is 1. The highest BCUT2D eigenvalue weighted by atomic mass is 19.1. The van der Waals surface area contributed by atoms with E-state index in [1.165, 1.54) is 12.1 Å². The molecule has 3 atom stereocenters. The number of carboxylic acid groups (broad SMARTS) is 1. The van der Waals surface area contributed by atoms with Crippen LogP contribution in [0.3, 0.4) is 0 Å². The zero-order valence-electron chi connectivity index (χ0n) is 12.3. The van der Waals surface area contributed by atoms with Gasteiger partial charge in [0, 0.05) is 17.2 Å².